The Kier molecular flexibility index (Phi) is 4.08. The van der Waals surface area contributed by atoms with Gasteiger partial charge in [0.2, 0.25) is 0 Å². The van der Waals surface area contributed by atoms with Crippen LogP contribution in [0.25, 0.3) is 0 Å². The van der Waals surface area contributed by atoms with E-state index in [0.717, 1.165) is 0 Å². The first-order chi connectivity index (χ1) is 8.57. The molecule has 1 aromatic heterocycles. The van der Waals surface area contributed by atoms with Gasteiger partial charge in [0.05, 0.1) is 0 Å². The summed E-state index contributed by atoms with van der Waals surface area (Å²) in [7, 11) is 0. The number of alkyl carbamates (subject to hydrolysis) is 1. The van der Waals surface area contributed by atoms with E-state index >= 15 is 0 Å². The van der Waals surface area contributed by atoms with E-state index in [1.807, 2.05) is 0 Å². The number of furan rings is 1. The van der Waals surface area contributed by atoms with Gasteiger partial charge in [-0.25, -0.2) is 4.79 Å². The number of aldehydes is 1. The number of rotatable bonds is 3. The van der Waals surface area contributed by atoms with Crippen molar-refractivity contribution in [2.75, 3.05) is 0 Å². The number of aryl methyl sites for hydroxylation is 2. The number of carbonyl (C=O) groups is 2. The summed E-state index contributed by atoms with van der Waals surface area (Å²) in [5.41, 5.74) is -1.15. The lowest BCUT2D eigenvalue weighted by molar-refractivity contribution is -0.113. The number of amides is 1. The maximum Gasteiger partial charge on any atom is 0.408 e. The standard InChI is InChI=1S/C14H21NO4/c1-9-7-11(10(2)18-9)14(6,8-16)15-12(17)19-13(3,4)5/h7-8H,1-6H3,(H,15,17). The molecular formula is C14H21NO4. The van der Waals surface area contributed by atoms with Crippen molar-refractivity contribution in [1.82, 2.24) is 5.32 Å². The minimum absolute atomic E-state index is 0.600. The van der Waals surface area contributed by atoms with E-state index in [2.05, 4.69) is 5.32 Å². The molecule has 1 heterocycles. The molecule has 1 amide bonds. The SMILES string of the molecule is Cc1cc(C(C)(C=O)NC(=O)OC(C)(C)C)c(C)o1. The first-order valence-corrected chi connectivity index (χ1v) is 6.12. The first kappa shape index (κ1) is 15.3. The van der Waals surface area contributed by atoms with Crippen LogP contribution in [0.15, 0.2) is 10.5 Å². The van der Waals surface area contributed by atoms with Crippen molar-refractivity contribution in [2.45, 2.75) is 52.7 Å². The van der Waals surface area contributed by atoms with Crippen LogP contribution in [0, 0.1) is 13.8 Å². The molecule has 0 bridgehead atoms. The summed E-state index contributed by atoms with van der Waals surface area (Å²) in [4.78, 5) is 23.2. The molecule has 19 heavy (non-hydrogen) atoms. The fourth-order valence-corrected chi connectivity index (χ4v) is 1.82. The Bertz CT molecular complexity index is 484. The van der Waals surface area contributed by atoms with Crippen molar-refractivity contribution in [2.24, 2.45) is 0 Å². The molecule has 0 spiro atoms. The second-order valence-electron chi connectivity index (χ2n) is 5.77. The highest BCUT2D eigenvalue weighted by molar-refractivity contribution is 5.78. The van der Waals surface area contributed by atoms with Crippen LogP contribution in [0.1, 0.15) is 44.8 Å². The summed E-state index contributed by atoms with van der Waals surface area (Å²) < 4.78 is 10.6. The maximum absolute atomic E-state index is 11.8. The third kappa shape index (κ3) is 3.84. The number of hydrogen-bond acceptors (Lipinski definition) is 4. The molecule has 106 valence electrons. The Labute approximate surface area is 113 Å². The van der Waals surface area contributed by atoms with Crippen LogP contribution in [0.3, 0.4) is 0 Å². The molecule has 1 atom stereocenters. The van der Waals surface area contributed by atoms with E-state index in [9.17, 15) is 9.59 Å². The maximum atomic E-state index is 11.8. The van der Waals surface area contributed by atoms with Crippen LogP contribution in [0.4, 0.5) is 4.79 Å². The Morgan fingerprint density at radius 3 is 2.26 bits per heavy atom. The molecule has 5 nitrogen and oxygen atoms in total. The van der Waals surface area contributed by atoms with Gasteiger partial charge >= 0.3 is 6.09 Å². The highest BCUT2D eigenvalue weighted by Crippen LogP contribution is 2.26. The largest absolute Gasteiger partial charge is 0.466 e. The van der Waals surface area contributed by atoms with Gasteiger partial charge in [-0.3, -0.25) is 0 Å². The summed E-state index contributed by atoms with van der Waals surface area (Å²) in [5, 5.41) is 2.58. The monoisotopic (exact) mass is 267 g/mol. The molecule has 0 radical (unpaired) electrons. The molecule has 0 saturated carbocycles. The van der Waals surface area contributed by atoms with Crippen molar-refractivity contribution in [1.29, 1.82) is 0 Å². The lowest BCUT2D eigenvalue weighted by Gasteiger charge is -2.27. The lowest BCUT2D eigenvalue weighted by atomic mass is 9.94. The number of carbonyl (C=O) groups excluding carboxylic acids is 2. The summed E-state index contributed by atoms with van der Waals surface area (Å²) in [5.74, 6) is 1.29. The van der Waals surface area contributed by atoms with Gasteiger partial charge in [-0.05, 0) is 47.6 Å². The average molecular weight is 267 g/mol. The molecule has 0 saturated heterocycles. The lowest BCUT2D eigenvalue weighted by Crippen LogP contribution is -2.47. The van der Waals surface area contributed by atoms with Crippen molar-refractivity contribution >= 4 is 12.4 Å². The molecule has 1 N–H and O–H groups in total. The molecule has 0 aromatic carbocycles. The molecule has 0 fully saturated rings. The summed E-state index contributed by atoms with van der Waals surface area (Å²) >= 11 is 0. The van der Waals surface area contributed by atoms with Gasteiger partial charge in [-0.2, -0.15) is 0 Å². The van der Waals surface area contributed by atoms with E-state index in [1.54, 1.807) is 47.6 Å². The third-order valence-corrected chi connectivity index (χ3v) is 2.60. The highest BCUT2D eigenvalue weighted by Gasteiger charge is 2.33. The average Bonchev–Trinajstić information content (AvgIpc) is 2.55. The van der Waals surface area contributed by atoms with Crippen LogP contribution < -0.4 is 5.32 Å². The molecular weight excluding hydrogens is 246 g/mol. The summed E-state index contributed by atoms with van der Waals surface area (Å²) in [6.07, 6.45) is 0.0363. The predicted molar refractivity (Wildman–Crippen MR) is 71.0 cm³/mol. The summed E-state index contributed by atoms with van der Waals surface area (Å²) in [6, 6.07) is 1.74. The van der Waals surface area contributed by atoms with Gasteiger partial charge in [-0.1, -0.05) is 0 Å². The van der Waals surface area contributed by atoms with Crippen LogP contribution in [-0.4, -0.2) is 18.0 Å². The minimum atomic E-state index is -1.16. The van der Waals surface area contributed by atoms with E-state index in [4.69, 9.17) is 9.15 Å². The smallest absolute Gasteiger partial charge is 0.408 e. The van der Waals surface area contributed by atoms with E-state index in [-0.39, 0.29) is 0 Å². The summed E-state index contributed by atoms with van der Waals surface area (Å²) in [6.45, 7) is 10.4. The van der Waals surface area contributed by atoms with Gasteiger partial charge < -0.3 is 19.3 Å². The van der Waals surface area contributed by atoms with Crippen LogP contribution in [0.2, 0.25) is 0 Å². The zero-order chi connectivity index (χ0) is 14.8. The Morgan fingerprint density at radius 1 is 1.32 bits per heavy atom. The molecule has 1 rings (SSSR count). The molecule has 1 aromatic rings. The van der Waals surface area contributed by atoms with Gasteiger partial charge in [0, 0.05) is 5.56 Å². The van der Waals surface area contributed by atoms with Gasteiger partial charge in [0.1, 0.15) is 28.9 Å². The normalized spacial score (nSPS) is 14.6. The molecule has 0 aliphatic heterocycles. The quantitative estimate of drug-likeness (QED) is 0.855. The Hall–Kier alpha value is -1.78. The highest BCUT2D eigenvalue weighted by atomic mass is 16.6. The van der Waals surface area contributed by atoms with Crippen molar-refractivity contribution in [3.63, 3.8) is 0 Å². The minimum Gasteiger partial charge on any atom is -0.466 e. The Balaban J connectivity index is 2.96. The van der Waals surface area contributed by atoms with Crippen LogP contribution in [-0.2, 0) is 15.1 Å². The van der Waals surface area contributed by atoms with Crippen molar-refractivity contribution in [3.8, 4) is 0 Å². The van der Waals surface area contributed by atoms with Crippen molar-refractivity contribution < 1.29 is 18.7 Å². The van der Waals surface area contributed by atoms with Gasteiger partial charge in [-0.15, -0.1) is 0 Å². The van der Waals surface area contributed by atoms with Crippen molar-refractivity contribution in [3.05, 3.63) is 23.2 Å². The second-order valence-corrected chi connectivity index (χ2v) is 5.77. The zero-order valence-electron chi connectivity index (χ0n) is 12.3. The van der Waals surface area contributed by atoms with Crippen LogP contribution >= 0.6 is 0 Å². The van der Waals surface area contributed by atoms with Crippen LogP contribution in [0.5, 0.6) is 0 Å². The van der Waals surface area contributed by atoms with Gasteiger partial charge in [0.25, 0.3) is 0 Å². The zero-order valence-corrected chi connectivity index (χ0v) is 12.3. The molecule has 5 heteroatoms. The molecule has 1 unspecified atom stereocenters. The molecule has 0 aliphatic rings. The fourth-order valence-electron chi connectivity index (χ4n) is 1.82. The van der Waals surface area contributed by atoms with E-state index in [0.29, 0.717) is 23.4 Å². The Morgan fingerprint density at radius 2 is 1.89 bits per heavy atom. The third-order valence-electron chi connectivity index (χ3n) is 2.60. The molecule has 0 aliphatic carbocycles. The fraction of sp³-hybridized carbons (Fsp3) is 0.571. The van der Waals surface area contributed by atoms with Gasteiger partial charge in [0.15, 0.2) is 0 Å². The van der Waals surface area contributed by atoms with E-state index < -0.39 is 17.2 Å². The second kappa shape index (κ2) is 5.07. The first-order valence-electron chi connectivity index (χ1n) is 6.12. The number of hydrogen-bond donors (Lipinski definition) is 1. The predicted octanol–water partition coefficient (Wildman–Crippen LogP) is 2.84. The topological polar surface area (TPSA) is 68.5 Å². The number of ether oxygens (including phenoxy) is 1. The van der Waals surface area contributed by atoms with E-state index in [1.165, 1.54) is 0 Å². The number of nitrogens with one attached hydrogen (secondary N) is 1.